The molecule has 0 atom stereocenters. The lowest BCUT2D eigenvalue weighted by molar-refractivity contribution is -0.0436. The zero-order valence-corrected chi connectivity index (χ0v) is 16.8. The number of hydrogen-bond donors (Lipinski definition) is 0. The van der Waals surface area contributed by atoms with Crippen LogP contribution in [0.1, 0.15) is 16.8 Å². The van der Waals surface area contributed by atoms with Crippen molar-refractivity contribution in [2.45, 2.75) is 16.8 Å². The molecule has 10 heteroatoms. The highest BCUT2D eigenvalue weighted by Gasteiger charge is 2.46. The molecular weight excluding hydrogens is 429 g/mol. The molecule has 156 valence electrons. The fourth-order valence-electron chi connectivity index (χ4n) is 3.15. The number of carbonyl (C=O) groups is 1. The van der Waals surface area contributed by atoms with Crippen LogP contribution in [0.25, 0.3) is 0 Å². The Morgan fingerprint density at radius 3 is 2.28 bits per heavy atom. The molecule has 0 aromatic heterocycles. The van der Waals surface area contributed by atoms with Crippen molar-refractivity contribution in [3.8, 4) is 0 Å². The molecule has 1 saturated heterocycles. The molecule has 0 N–H and O–H groups in total. The molecule has 2 aromatic rings. The van der Waals surface area contributed by atoms with E-state index in [1.54, 1.807) is 29.2 Å². The number of sulfone groups is 1. The summed E-state index contributed by atoms with van der Waals surface area (Å²) in [4.78, 5) is 15.5. The molecule has 0 aliphatic carbocycles. The monoisotopic (exact) mass is 446 g/mol. The van der Waals surface area contributed by atoms with Gasteiger partial charge in [-0.2, -0.15) is 13.2 Å². The third-order valence-electron chi connectivity index (χ3n) is 4.67. The third-order valence-corrected chi connectivity index (χ3v) is 6.41. The van der Waals surface area contributed by atoms with E-state index >= 15 is 0 Å². The summed E-state index contributed by atoms with van der Waals surface area (Å²) in [6.45, 7) is 2.01. The lowest BCUT2D eigenvalue weighted by atomic mass is 10.2. The van der Waals surface area contributed by atoms with E-state index in [4.69, 9.17) is 11.6 Å². The van der Waals surface area contributed by atoms with Crippen LogP contribution in [0.3, 0.4) is 0 Å². The molecule has 1 heterocycles. The van der Waals surface area contributed by atoms with Gasteiger partial charge in [0, 0.05) is 42.5 Å². The van der Waals surface area contributed by atoms with Crippen LogP contribution < -0.4 is 4.90 Å². The van der Waals surface area contributed by atoms with Gasteiger partial charge in [-0.15, -0.1) is 0 Å². The third kappa shape index (κ3) is 4.67. The first-order chi connectivity index (χ1) is 13.6. The van der Waals surface area contributed by atoms with Crippen molar-refractivity contribution < 1.29 is 26.4 Å². The molecule has 0 bridgehead atoms. The second-order valence-corrected chi connectivity index (χ2v) is 8.96. The highest BCUT2D eigenvalue weighted by atomic mass is 35.5. The zero-order valence-electron chi connectivity index (χ0n) is 15.2. The smallest absolute Gasteiger partial charge is 0.370 e. The fourth-order valence-corrected chi connectivity index (χ4v) is 4.10. The average molecular weight is 447 g/mol. The van der Waals surface area contributed by atoms with Crippen LogP contribution in [-0.2, 0) is 9.84 Å². The lowest BCUT2D eigenvalue weighted by Crippen LogP contribution is -2.35. The fraction of sp³-hybridized carbons (Fsp3) is 0.316. The molecule has 29 heavy (non-hydrogen) atoms. The highest BCUT2D eigenvalue weighted by molar-refractivity contribution is 7.92. The van der Waals surface area contributed by atoms with Gasteiger partial charge in [-0.25, -0.2) is 8.42 Å². The minimum absolute atomic E-state index is 0.138. The van der Waals surface area contributed by atoms with Crippen molar-refractivity contribution in [1.82, 2.24) is 4.90 Å². The number of carbonyl (C=O) groups excluding carboxylic acids is 1. The van der Waals surface area contributed by atoms with Gasteiger partial charge in [0.15, 0.2) is 0 Å². The van der Waals surface area contributed by atoms with Crippen molar-refractivity contribution in [2.24, 2.45) is 0 Å². The summed E-state index contributed by atoms with van der Waals surface area (Å²) in [5.41, 5.74) is -4.24. The van der Waals surface area contributed by atoms with Gasteiger partial charge in [0.2, 0.25) is 0 Å². The molecule has 3 rings (SSSR count). The molecule has 2 aromatic carbocycles. The maximum Gasteiger partial charge on any atom is 0.501 e. The number of benzene rings is 2. The van der Waals surface area contributed by atoms with Crippen LogP contribution in [0.5, 0.6) is 0 Å². The average Bonchev–Trinajstić information content (AvgIpc) is 2.93. The molecule has 1 aliphatic heterocycles. The molecule has 0 saturated carbocycles. The van der Waals surface area contributed by atoms with Crippen LogP contribution >= 0.6 is 11.6 Å². The maximum absolute atomic E-state index is 12.7. The summed E-state index contributed by atoms with van der Waals surface area (Å²) in [7, 11) is -5.37. The van der Waals surface area contributed by atoms with E-state index in [2.05, 4.69) is 0 Å². The summed E-state index contributed by atoms with van der Waals surface area (Å²) in [6.07, 6.45) is 0.662. The quantitative estimate of drug-likeness (QED) is 0.715. The van der Waals surface area contributed by atoms with Crippen molar-refractivity contribution in [2.75, 3.05) is 31.1 Å². The predicted octanol–water partition coefficient (Wildman–Crippen LogP) is 3.99. The molecule has 0 spiro atoms. The first kappa shape index (κ1) is 21.4. The Labute approximate surface area is 171 Å². The minimum atomic E-state index is -5.37. The van der Waals surface area contributed by atoms with E-state index in [1.165, 1.54) is 12.1 Å². The predicted molar refractivity (Wildman–Crippen MR) is 104 cm³/mol. The Kier molecular flexibility index (Phi) is 6.09. The van der Waals surface area contributed by atoms with Crippen LogP contribution in [0.2, 0.25) is 5.02 Å². The number of halogens is 4. The van der Waals surface area contributed by atoms with Crippen molar-refractivity contribution >= 4 is 33.0 Å². The number of hydrogen-bond acceptors (Lipinski definition) is 4. The second kappa shape index (κ2) is 8.23. The number of amides is 1. The van der Waals surface area contributed by atoms with E-state index in [9.17, 15) is 26.4 Å². The Balaban J connectivity index is 1.70. The number of alkyl halides is 3. The molecule has 0 unspecified atom stereocenters. The van der Waals surface area contributed by atoms with E-state index in [0.717, 1.165) is 12.1 Å². The molecule has 1 aliphatic rings. The van der Waals surface area contributed by atoms with E-state index < -0.39 is 20.2 Å². The summed E-state index contributed by atoms with van der Waals surface area (Å²) in [5.74, 6) is -0.138. The zero-order chi connectivity index (χ0) is 21.2. The van der Waals surface area contributed by atoms with Gasteiger partial charge >= 0.3 is 5.51 Å². The van der Waals surface area contributed by atoms with Crippen molar-refractivity contribution in [3.05, 3.63) is 59.1 Å². The Hall–Kier alpha value is -2.26. The maximum atomic E-state index is 12.7. The summed E-state index contributed by atoms with van der Waals surface area (Å²) in [6, 6.07) is 11.3. The molecule has 0 radical (unpaired) electrons. The highest BCUT2D eigenvalue weighted by Crippen LogP contribution is 2.31. The Bertz CT molecular complexity index is 995. The van der Waals surface area contributed by atoms with Gasteiger partial charge in [0.05, 0.1) is 4.90 Å². The molecular formula is C19H18ClF3N2O3S. The molecule has 5 nitrogen and oxygen atoms in total. The van der Waals surface area contributed by atoms with Crippen LogP contribution in [-0.4, -0.2) is 50.9 Å². The largest absolute Gasteiger partial charge is 0.501 e. The van der Waals surface area contributed by atoms with Gasteiger partial charge in [-0.3, -0.25) is 4.79 Å². The topological polar surface area (TPSA) is 57.7 Å². The first-order valence-corrected chi connectivity index (χ1v) is 10.7. The number of nitrogens with zero attached hydrogens (tertiary/aromatic N) is 2. The number of anilines is 1. The van der Waals surface area contributed by atoms with Gasteiger partial charge < -0.3 is 9.80 Å². The first-order valence-electron chi connectivity index (χ1n) is 8.81. The van der Waals surface area contributed by atoms with Crippen LogP contribution in [0, 0.1) is 0 Å². The summed E-state index contributed by atoms with van der Waals surface area (Å²) >= 11 is 5.94. The summed E-state index contributed by atoms with van der Waals surface area (Å²) in [5, 5.41) is 0.473. The minimum Gasteiger partial charge on any atom is -0.370 e. The Morgan fingerprint density at radius 2 is 1.66 bits per heavy atom. The van der Waals surface area contributed by atoms with Crippen LogP contribution in [0.15, 0.2) is 53.4 Å². The van der Waals surface area contributed by atoms with Gasteiger partial charge in [-0.05, 0) is 48.9 Å². The van der Waals surface area contributed by atoms with Crippen LogP contribution in [0.4, 0.5) is 18.9 Å². The standard InChI is InChI=1S/C19H18ClF3N2O3S/c20-15-4-1-3-14(13-15)18(26)25-10-2-9-24(11-12-25)16-5-7-17(8-6-16)29(27,28)19(21,22)23/h1,3-8,13H,2,9-12H2. The van der Waals surface area contributed by atoms with Crippen molar-refractivity contribution in [3.63, 3.8) is 0 Å². The number of rotatable bonds is 3. The molecule has 1 amide bonds. The van der Waals surface area contributed by atoms with Gasteiger partial charge in [0.25, 0.3) is 15.7 Å². The SMILES string of the molecule is O=C(c1cccc(Cl)c1)N1CCCN(c2ccc(S(=O)(=O)C(F)(F)F)cc2)CC1. The van der Waals surface area contributed by atoms with Gasteiger partial charge in [-0.1, -0.05) is 17.7 Å². The second-order valence-electron chi connectivity index (χ2n) is 6.59. The van der Waals surface area contributed by atoms with Gasteiger partial charge in [0.1, 0.15) is 0 Å². The Morgan fingerprint density at radius 1 is 0.966 bits per heavy atom. The van der Waals surface area contributed by atoms with E-state index in [1.807, 2.05) is 4.90 Å². The summed E-state index contributed by atoms with van der Waals surface area (Å²) < 4.78 is 61.0. The van der Waals surface area contributed by atoms with E-state index in [0.29, 0.717) is 48.9 Å². The normalized spacial score (nSPS) is 15.9. The van der Waals surface area contributed by atoms with Crippen molar-refractivity contribution in [1.29, 1.82) is 0 Å². The molecule has 1 fully saturated rings. The van der Waals surface area contributed by atoms with E-state index in [-0.39, 0.29) is 5.91 Å². The lowest BCUT2D eigenvalue weighted by Gasteiger charge is -2.24.